The van der Waals surface area contributed by atoms with Gasteiger partial charge < -0.3 is 9.64 Å². The number of nitrogens with zero attached hydrogens (tertiary/aromatic N) is 1. The standard InChI is InChI=1S/C36H39NO3/c1-34(2,3)29-21-23(30-32(38)25-10-8-9-11-26(25)33(30)39)20-24(40-29)13-12-22-18-27-31-28(19-22)36(6,7)15-17-37(31)16-14-35(27,4)5/h8-13,18-21H,14-17H2,1-7H3. The molecule has 2 aromatic rings. The lowest BCUT2D eigenvalue weighted by Crippen LogP contribution is -2.44. The number of allylic oxidation sites excluding steroid dienone is 6. The molecule has 6 rings (SSSR count). The van der Waals surface area contributed by atoms with E-state index in [1.54, 1.807) is 24.3 Å². The molecular formula is C36H39NO3. The lowest BCUT2D eigenvalue weighted by molar-refractivity contribution is 0.0987. The van der Waals surface area contributed by atoms with E-state index in [1.165, 1.54) is 16.8 Å². The summed E-state index contributed by atoms with van der Waals surface area (Å²) < 4.78 is 6.36. The van der Waals surface area contributed by atoms with Crippen molar-refractivity contribution in [2.75, 3.05) is 18.0 Å². The average molecular weight is 534 g/mol. The first kappa shape index (κ1) is 26.6. The highest BCUT2D eigenvalue weighted by atomic mass is 16.5. The van der Waals surface area contributed by atoms with Gasteiger partial charge in [-0.1, -0.05) is 78.8 Å². The van der Waals surface area contributed by atoms with Gasteiger partial charge in [-0.15, -0.1) is 0 Å². The maximum Gasteiger partial charge on any atom is 0.198 e. The SMILES string of the molecule is CC(C)(C)C1=CC(=C2C(=O)c3ccccc3C2=O)C=C(C=Cc2cc3c4c(c2)C(C)(C)CCN4CCC3(C)C)O1. The van der Waals surface area contributed by atoms with Crippen molar-refractivity contribution in [1.82, 2.24) is 0 Å². The maximum atomic E-state index is 13.3. The summed E-state index contributed by atoms with van der Waals surface area (Å²) >= 11 is 0. The van der Waals surface area contributed by atoms with Crippen molar-refractivity contribution in [2.24, 2.45) is 5.41 Å². The van der Waals surface area contributed by atoms with Crippen LogP contribution in [0.2, 0.25) is 0 Å². The molecule has 0 N–H and O–H groups in total. The first-order chi connectivity index (χ1) is 18.8. The number of fused-ring (bicyclic) bond motifs is 1. The molecule has 0 saturated carbocycles. The fraction of sp³-hybridized carbons (Fsp3) is 0.389. The van der Waals surface area contributed by atoms with E-state index in [-0.39, 0.29) is 33.4 Å². The summed E-state index contributed by atoms with van der Waals surface area (Å²) in [5.41, 5.74) is 7.10. The number of carbonyl (C=O) groups is 2. The summed E-state index contributed by atoms with van der Waals surface area (Å²) in [5.74, 6) is 0.916. The number of rotatable bonds is 2. The molecule has 3 aliphatic heterocycles. The minimum Gasteiger partial charge on any atom is -0.461 e. The van der Waals surface area contributed by atoms with E-state index >= 15 is 0 Å². The van der Waals surface area contributed by atoms with Gasteiger partial charge in [0.2, 0.25) is 0 Å². The molecule has 0 radical (unpaired) electrons. The Morgan fingerprint density at radius 2 is 1.38 bits per heavy atom. The Morgan fingerprint density at radius 1 is 0.825 bits per heavy atom. The maximum absolute atomic E-state index is 13.3. The minimum atomic E-state index is -0.301. The van der Waals surface area contributed by atoms with Crippen LogP contribution in [-0.4, -0.2) is 24.7 Å². The van der Waals surface area contributed by atoms with Gasteiger partial charge in [0.25, 0.3) is 0 Å². The van der Waals surface area contributed by atoms with Gasteiger partial charge in [0.15, 0.2) is 11.6 Å². The Bertz CT molecular complexity index is 1510. The Morgan fingerprint density at radius 3 is 1.90 bits per heavy atom. The molecule has 3 heterocycles. The van der Waals surface area contributed by atoms with E-state index < -0.39 is 0 Å². The van der Waals surface area contributed by atoms with Crippen LogP contribution in [0.4, 0.5) is 5.69 Å². The fourth-order valence-corrected chi connectivity index (χ4v) is 6.37. The van der Waals surface area contributed by atoms with E-state index in [1.807, 2.05) is 18.2 Å². The number of ketones is 2. The van der Waals surface area contributed by atoms with Crippen LogP contribution in [0.25, 0.3) is 6.08 Å². The molecule has 40 heavy (non-hydrogen) atoms. The first-order valence-corrected chi connectivity index (χ1v) is 14.4. The summed E-state index contributed by atoms with van der Waals surface area (Å²) in [7, 11) is 0. The van der Waals surface area contributed by atoms with Crippen molar-refractivity contribution in [2.45, 2.75) is 72.1 Å². The number of anilines is 1. The van der Waals surface area contributed by atoms with E-state index in [0.717, 1.165) is 37.3 Å². The summed E-state index contributed by atoms with van der Waals surface area (Å²) in [6, 6.07) is 11.7. The van der Waals surface area contributed by atoms with Gasteiger partial charge >= 0.3 is 0 Å². The summed E-state index contributed by atoms with van der Waals surface area (Å²) in [5, 5.41) is 0. The number of hydrogen-bond donors (Lipinski definition) is 0. The number of carbonyl (C=O) groups excluding carboxylic acids is 2. The Labute approximate surface area is 238 Å². The van der Waals surface area contributed by atoms with E-state index in [9.17, 15) is 9.59 Å². The first-order valence-electron chi connectivity index (χ1n) is 14.4. The van der Waals surface area contributed by atoms with Gasteiger partial charge in [0.05, 0.1) is 5.57 Å². The van der Waals surface area contributed by atoms with Crippen molar-refractivity contribution < 1.29 is 14.3 Å². The minimum absolute atomic E-state index is 0.108. The number of ether oxygens (including phenoxy) is 1. The van der Waals surface area contributed by atoms with Crippen LogP contribution < -0.4 is 4.90 Å². The topological polar surface area (TPSA) is 46.6 Å². The highest BCUT2D eigenvalue weighted by molar-refractivity contribution is 6.40. The molecule has 0 atom stereocenters. The summed E-state index contributed by atoms with van der Waals surface area (Å²) in [6.45, 7) is 17.9. The number of hydrogen-bond acceptors (Lipinski definition) is 4. The Balaban J connectivity index is 1.44. The number of benzene rings is 2. The second-order valence-corrected chi connectivity index (χ2v) is 14.0. The van der Waals surface area contributed by atoms with Gasteiger partial charge in [-0.25, -0.2) is 0 Å². The molecule has 1 aliphatic carbocycles. The quantitative estimate of drug-likeness (QED) is 0.289. The summed E-state index contributed by atoms with van der Waals surface area (Å²) in [4.78, 5) is 29.2. The molecule has 4 aliphatic rings. The van der Waals surface area contributed by atoms with Gasteiger partial charge in [0, 0.05) is 35.3 Å². The molecule has 0 aromatic heterocycles. The van der Waals surface area contributed by atoms with Crippen LogP contribution in [0.15, 0.2) is 77.3 Å². The lowest BCUT2D eigenvalue weighted by atomic mass is 9.69. The van der Waals surface area contributed by atoms with Gasteiger partial charge in [-0.05, 0) is 76.3 Å². The van der Waals surface area contributed by atoms with Crippen LogP contribution in [-0.2, 0) is 15.6 Å². The van der Waals surface area contributed by atoms with Gasteiger partial charge in [-0.2, -0.15) is 0 Å². The van der Waals surface area contributed by atoms with Crippen molar-refractivity contribution in [3.05, 3.63) is 105 Å². The van der Waals surface area contributed by atoms with Crippen molar-refractivity contribution in [3.63, 3.8) is 0 Å². The highest BCUT2D eigenvalue weighted by Gasteiger charge is 2.40. The molecule has 0 fully saturated rings. The zero-order chi connectivity index (χ0) is 28.6. The van der Waals surface area contributed by atoms with E-state index in [0.29, 0.717) is 22.5 Å². The largest absolute Gasteiger partial charge is 0.461 e. The van der Waals surface area contributed by atoms with Crippen molar-refractivity contribution in [1.29, 1.82) is 0 Å². The smallest absolute Gasteiger partial charge is 0.198 e. The predicted molar refractivity (Wildman–Crippen MR) is 162 cm³/mol. The van der Waals surface area contributed by atoms with Crippen LogP contribution in [0.1, 0.15) is 98.7 Å². The Kier molecular flexibility index (Phi) is 5.92. The fourth-order valence-electron chi connectivity index (χ4n) is 6.37. The molecule has 2 aromatic carbocycles. The highest BCUT2D eigenvalue weighted by Crippen LogP contribution is 2.49. The zero-order valence-electron chi connectivity index (χ0n) is 24.8. The third kappa shape index (κ3) is 4.29. The van der Waals surface area contributed by atoms with E-state index in [4.69, 9.17) is 4.74 Å². The van der Waals surface area contributed by atoms with Crippen LogP contribution >= 0.6 is 0 Å². The third-order valence-electron chi connectivity index (χ3n) is 9.07. The predicted octanol–water partition coefficient (Wildman–Crippen LogP) is 8.09. The Hall–Kier alpha value is -3.66. The molecule has 4 nitrogen and oxygen atoms in total. The second kappa shape index (κ2) is 8.92. The second-order valence-electron chi connectivity index (χ2n) is 14.0. The van der Waals surface area contributed by atoms with Crippen molar-refractivity contribution in [3.8, 4) is 0 Å². The van der Waals surface area contributed by atoms with Crippen LogP contribution in [0.5, 0.6) is 0 Å². The van der Waals surface area contributed by atoms with Crippen LogP contribution in [0.3, 0.4) is 0 Å². The summed E-state index contributed by atoms with van der Waals surface area (Å²) in [6.07, 6.45) is 10.1. The molecule has 0 saturated heterocycles. The normalized spacial score (nSPS) is 21.2. The van der Waals surface area contributed by atoms with Crippen molar-refractivity contribution >= 4 is 23.3 Å². The van der Waals surface area contributed by atoms with E-state index in [2.05, 4.69) is 71.6 Å². The van der Waals surface area contributed by atoms with Crippen LogP contribution in [0, 0.1) is 5.41 Å². The molecule has 206 valence electrons. The average Bonchev–Trinajstić information content (AvgIpc) is 3.15. The molecule has 0 unspecified atom stereocenters. The van der Waals surface area contributed by atoms with Gasteiger partial charge in [0.1, 0.15) is 11.5 Å². The molecule has 0 spiro atoms. The zero-order valence-corrected chi connectivity index (χ0v) is 24.8. The molecule has 0 amide bonds. The molecule has 0 bridgehead atoms. The van der Waals surface area contributed by atoms with Gasteiger partial charge in [-0.3, -0.25) is 9.59 Å². The third-order valence-corrected chi connectivity index (χ3v) is 9.07. The number of Topliss-reactive ketones (excluding diaryl/α,β-unsaturated/α-hetero) is 2. The molecule has 4 heteroatoms. The molecular weight excluding hydrogens is 494 g/mol. The lowest BCUT2D eigenvalue weighted by Gasteiger charge is -2.48. The monoisotopic (exact) mass is 533 g/mol.